The van der Waals surface area contributed by atoms with Gasteiger partial charge in [-0.1, -0.05) is 13.3 Å². The van der Waals surface area contributed by atoms with Gasteiger partial charge >= 0.3 is 5.97 Å². The lowest BCUT2D eigenvalue weighted by Crippen LogP contribution is -2.19. The molecule has 0 aromatic carbocycles. The van der Waals surface area contributed by atoms with Crippen molar-refractivity contribution in [2.24, 2.45) is 5.92 Å². The highest BCUT2D eigenvalue weighted by Gasteiger charge is 2.38. The van der Waals surface area contributed by atoms with Crippen LogP contribution in [0, 0.1) is 5.92 Å². The number of carbonyl (C=O) groups excluding carboxylic acids is 1. The molecule has 6 heteroatoms. The summed E-state index contributed by atoms with van der Waals surface area (Å²) in [6, 6.07) is 0. The molecule has 2 aromatic heterocycles. The highest BCUT2D eigenvalue weighted by Crippen LogP contribution is 2.44. The van der Waals surface area contributed by atoms with E-state index in [-0.39, 0.29) is 23.9 Å². The SMILES string of the molecule is CC[C@@H]1C[C@@H](OC(C)=O)[C@H](c2c[nH]c3c(O)ncnc23)C1. The molecule has 2 aromatic rings. The van der Waals surface area contributed by atoms with E-state index in [0.717, 1.165) is 24.8 Å². The van der Waals surface area contributed by atoms with Crippen molar-refractivity contribution in [3.05, 3.63) is 18.1 Å². The molecule has 0 amide bonds. The van der Waals surface area contributed by atoms with Crippen LogP contribution in [0.2, 0.25) is 0 Å². The molecule has 1 aliphatic rings. The first-order valence-electron chi connectivity index (χ1n) is 7.28. The summed E-state index contributed by atoms with van der Waals surface area (Å²) in [6.07, 6.45) is 5.98. The van der Waals surface area contributed by atoms with Gasteiger partial charge in [0.15, 0.2) is 0 Å². The molecule has 3 atom stereocenters. The molecule has 0 radical (unpaired) electrons. The maximum atomic E-state index is 11.3. The first-order valence-corrected chi connectivity index (χ1v) is 7.28. The van der Waals surface area contributed by atoms with E-state index in [1.54, 1.807) is 0 Å². The number of ether oxygens (including phenoxy) is 1. The van der Waals surface area contributed by atoms with E-state index in [1.807, 2.05) is 6.20 Å². The van der Waals surface area contributed by atoms with E-state index in [2.05, 4.69) is 21.9 Å². The molecule has 0 unspecified atom stereocenters. The molecule has 2 heterocycles. The van der Waals surface area contributed by atoms with E-state index >= 15 is 0 Å². The number of carbonyl (C=O) groups is 1. The summed E-state index contributed by atoms with van der Waals surface area (Å²) in [6.45, 7) is 3.60. The first-order chi connectivity index (χ1) is 10.1. The van der Waals surface area contributed by atoms with Gasteiger partial charge < -0.3 is 14.8 Å². The third-order valence-corrected chi connectivity index (χ3v) is 4.37. The van der Waals surface area contributed by atoms with Crippen molar-refractivity contribution in [2.45, 2.75) is 45.1 Å². The fourth-order valence-corrected chi connectivity index (χ4v) is 3.33. The van der Waals surface area contributed by atoms with E-state index in [0.29, 0.717) is 17.0 Å². The van der Waals surface area contributed by atoms with Crippen molar-refractivity contribution in [3.63, 3.8) is 0 Å². The number of esters is 1. The van der Waals surface area contributed by atoms with Crippen molar-refractivity contribution in [3.8, 4) is 5.88 Å². The highest BCUT2D eigenvalue weighted by atomic mass is 16.5. The molecule has 2 N–H and O–H groups in total. The van der Waals surface area contributed by atoms with Crippen molar-refractivity contribution in [2.75, 3.05) is 0 Å². The van der Waals surface area contributed by atoms with E-state index in [1.165, 1.54) is 13.3 Å². The van der Waals surface area contributed by atoms with Crippen molar-refractivity contribution < 1.29 is 14.6 Å². The predicted octanol–water partition coefficient (Wildman–Crippen LogP) is 2.50. The number of nitrogens with one attached hydrogen (secondary N) is 1. The van der Waals surface area contributed by atoms with Crippen LogP contribution < -0.4 is 0 Å². The van der Waals surface area contributed by atoms with Crippen LogP contribution in [-0.4, -0.2) is 32.1 Å². The Morgan fingerprint density at radius 1 is 1.48 bits per heavy atom. The van der Waals surface area contributed by atoms with Gasteiger partial charge in [-0.3, -0.25) is 4.79 Å². The third kappa shape index (κ3) is 2.46. The minimum atomic E-state index is -0.251. The van der Waals surface area contributed by atoms with Gasteiger partial charge in [-0.2, -0.15) is 0 Å². The molecular formula is C15H19N3O3. The van der Waals surface area contributed by atoms with E-state index < -0.39 is 0 Å². The number of aromatic nitrogens is 3. The fraction of sp³-hybridized carbons (Fsp3) is 0.533. The van der Waals surface area contributed by atoms with Crippen LogP contribution in [0.3, 0.4) is 0 Å². The summed E-state index contributed by atoms with van der Waals surface area (Å²) in [7, 11) is 0. The number of rotatable bonds is 3. The Morgan fingerprint density at radius 2 is 2.29 bits per heavy atom. The van der Waals surface area contributed by atoms with Gasteiger partial charge in [0.1, 0.15) is 17.9 Å². The predicted molar refractivity (Wildman–Crippen MR) is 76.9 cm³/mol. The van der Waals surface area contributed by atoms with Gasteiger partial charge in [0.25, 0.3) is 0 Å². The van der Waals surface area contributed by atoms with Crippen LogP contribution in [-0.2, 0) is 9.53 Å². The molecule has 0 spiro atoms. The van der Waals surface area contributed by atoms with Crippen molar-refractivity contribution >= 4 is 17.0 Å². The molecule has 1 aliphatic carbocycles. The average molecular weight is 289 g/mol. The number of aromatic amines is 1. The van der Waals surface area contributed by atoms with Gasteiger partial charge in [-0.15, -0.1) is 0 Å². The molecule has 0 bridgehead atoms. The van der Waals surface area contributed by atoms with Crippen molar-refractivity contribution in [1.82, 2.24) is 15.0 Å². The molecule has 0 aliphatic heterocycles. The second kappa shape index (κ2) is 5.35. The fourth-order valence-electron chi connectivity index (χ4n) is 3.33. The molecule has 1 saturated carbocycles. The van der Waals surface area contributed by atoms with Gasteiger partial charge in [0, 0.05) is 24.6 Å². The maximum absolute atomic E-state index is 11.3. The Morgan fingerprint density at radius 3 is 3.00 bits per heavy atom. The molecule has 6 nitrogen and oxygen atoms in total. The second-order valence-electron chi connectivity index (χ2n) is 5.66. The van der Waals surface area contributed by atoms with Gasteiger partial charge in [0.2, 0.25) is 5.88 Å². The smallest absolute Gasteiger partial charge is 0.302 e. The second-order valence-corrected chi connectivity index (χ2v) is 5.66. The molecule has 112 valence electrons. The molecule has 3 rings (SSSR count). The lowest BCUT2D eigenvalue weighted by molar-refractivity contribution is -0.146. The minimum absolute atomic E-state index is 0.0553. The minimum Gasteiger partial charge on any atom is -0.492 e. The molecule has 21 heavy (non-hydrogen) atoms. The molecule has 1 fully saturated rings. The Kier molecular flexibility index (Phi) is 3.53. The van der Waals surface area contributed by atoms with Gasteiger partial charge in [0.05, 0.1) is 5.52 Å². The molecular weight excluding hydrogens is 270 g/mol. The Labute approximate surface area is 122 Å². The largest absolute Gasteiger partial charge is 0.492 e. The summed E-state index contributed by atoms with van der Waals surface area (Å²) in [4.78, 5) is 22.4. The first kappa shape index (κ1) is 13.9. The lowest BCUT2D eigenvalue weighted by Gasteiger charge is -2.18. The maximum Gasteiger partial charge on any atom is 0.302 e. The van der Waals surface area contributed by atoms with E-state index in [4.69, 9.17) is 4.74 Å². The Balaban J connectivity index is 1.99. The Bertz CT molecular complexity index is 667. The number of fused-ring (bicyclic) bond motifs is 1. The van der Waals surface area contributed by atoms with Crippen molar-refractivity contribution in [1.29, 1.82) is 0 Å². The number of H-pyrrole nitrogens is 1. The Hall–Kier alpha value is -2.11. The summed E-state index contributed by atoms with van der Waals surface area (Å²) in [5.74, 6) is 0.348. The number of hydrogen-bond acceptors (Lipinski definition) is 5. The highest BCUT2D eigenvalue weighted by molar-refractivity contribution is 5.83. The lowest BCUT2D eigenvalue weighted by atomic mass is 9.95. The monoisotopic (exact) mass is 289 g/mol. The van der Waals surface area contributed by atoms with Gasteiger partial charge in [-0.25, -0.2) is 9.97 Å². The zero-order chi connectivity index (χ0) is 15.0. The summed E-state index contributed by atoms with van der Waals surface area (Å²) < 4.78 is 5.50. The quantitative estimate of drug-likeness (QED) is 0.847. The van der Waals surface area contributed by atoms with Crippen LogP contribution in [0.5, 0.6) is 5.88 Å². The number of nitrogens with zero attached hydrogens (tertiary/aromatic N) is 2. The topological polar surface area (TPSA) is 88.1 Å². The van der Waals surface area contributed by atoms with E-state index in [9.17, 15) is 9.90 Å². The average Bonchev–Trinajstić information content (AvgIpc) is 3.02. The zero-order valence-corrected chi connectivity index (χ0v) is 12.2. The van der Waals surface area contributed by atoms with Crippen LogP contribution in [0.25, 0.3) is 11.0 Å². The number of aromatic hydroxyl groups is 1. The van der Waals surface area contributed by atoms with Crippen LogP contribution in [0.4, 0.5) is 0 Å². The third-order valence-electron chi connectivity index (χ3n) is 4.37. The normalized spacial score (nSPS) is 25.3. The number of hydrogen-bond donors (Lipinski definition) is 2. The van der Waals surface area contributed by atoms with Crippen LogP contribution >= 0.6 is 0 Å². The van der Waals surface area contributed by atoms with Gasteiger partial charge in [-0.05, 0) is 18.8 Å². The standard InChI is InChI=1S/C15H19N3O3/c1-3-9-4-10(12(5-9)21-8(2)19)11-6-16-14-13(11)17-7-18-15(14)20/h6-7,9-10,12,16H,3-5H2,1-2H3,(H,17,18,20)/t9-,10-,12+/m0/s1. The van der Waals surface area contributed by atoms with Crippen LogP contribution in [0.1, 0.15) is 44.6 Å². The zero-order valence-electron chi connectivity index (χ0n) is 12.2. The van der Waals surface area contributed by atoms with Crippen LogP contribution in [0.15, 0.2) is 12.5 Å². The summed E-state index contributed by atoms with van der Waals surface area (Å²) >= 11 is 0. The molecule has 0 saturated heterocycles. The summed E-state index contributed by atoms with van der Waals surface area (Å²) in [5.41, 5.74) is 2.24. The summed E-state index contributed by atoms with van der Waals surface area (Å²) in [5, 5.41) is 9.77.